The number of nitrogens with zero attached hydrogens (tertiary/aromatic N) is 2. The van der Waals surface area contributed by atoms with Gasteiger partial charge in [0, 0.05) is 45.8 Å². The molecule has 0 saturated carbocycles. The molecule has 1 amide bonds. The van der Waals surface area contributed by atoms with Crippen LogP contribution in [-0.4, -0.2) is 68.7 Å². The third kappa shape index (κ3) is 4.15. The Hall–Kier alpha value is -0.650. The number of carbonyl (C=O) groups is 1. The van der Waals surface area contributed by atoms with Crippen LogP contribution >= 0.6 is 0 Å². The fraction of sp³-hybridized carbons (Fsp3) is 0.900. The molecule has 0 radical (unpaired) electrons. The first-order valence-electron chi connectivity index (χ1n) is 5.34. The number of likely N-dealkylation sites (N-methyl/N-ethyl adjacent to an activating group) is 1. The molecule has 0 aromatic rings. The Kier molecular flexibility index (Phi) is 5.01. The van der Waals surface area contributed by atoms with Crippen LogP contribution in [0.1, 0.15) is 6.42 Å². The summed E-state index contributed by atoms with van der Waals surface area (Å²) in [6, 6.07) is 0.0294. The Bertz CT molecular complexity index is 211. The molecule has 0 unspecified atom stereocenters. The molecule has 15 heavy (non-hydrogen) atoms. The third-order valence-electron chi connectivity index (χ3n) is 2.67. The standard InChI is InChI=1S/C10H21N3O2/c1-12(5-6-15-2)3-4-13-8-9(11)7-10(13)14/h9H,3-8,11H2,1-2H3/t9-/m1/s1. The van der Waals surface area contributed by atoms with Gasteiger partial charge >= 0.3 is 0 Å². The van der Waals surface area contributed by atoms with Crippen molar-refractivity contribution in [3.05, 3.63) is 0 Å². The molecule has 5 nitrogen and oxygen atoms in total. The van der Waals surface area contributed by atoms with E-state index >= 15 is 0 Å². The number of ether oxygens (including phenoxy) is 1. The van der Waals surface area contributed by atoms with Gasteiger partial charge in [0.25, 0.3) is 0 Å². The van der Waals surface area contributed by atoms with Crippen molar-refractivity contribution < 1.29 is 9.53 Å². The molecule has 1 heterocycles. The van der Waals surface area contributed by atoms with Crippen LogP contribution in [0.25, 0.3) is 0 Å². The lowest BCUT2D eigenvalue weighted by molar-refractivity contribution is -0.127. The predicted molar refractivity (Wildman–Crippen MR) is 58.5 cm³/mol. The summed E-state index contributed by atoms with van der Waals surface area (Å²) in [4.78, 5) is 15.4. The maximum Gasteiger partial charge on any atom is 0.224 e. The van der Waals surface area contributed by atoms with E-state index < -0.39 is 0 Å². The smallest absolute Gasteiger partial charge is 0.224 e. The molecule has 1 saturated heterocycles. The van der Waals surface area contributed by atoms with Crippen molar-refractivity contribution in [2.75, 3.05) is 46.9 Å². The second-order valence-electron chi connectivity index (χ2n) is 4.10. The normalized spacial score (nSPS) is 21.7. The van der Waals surface area contributed by atoms with E-state index in [0.29, 0.717) is 13.0 Å². The van der Waals surface area contributed by atoms with Gasteiger partial charge in [0.2, 0.25) is 5.91 Å². The molecule has 88 valence electrons. The summed E-state index contributed by atoms with van der Waals surface area (Å²) in [5.41, 5.74) is 5.71. The van der Waals surface area contributed by atoms with Gasteiger partial charge in [-0.25, -0.2) is 0 Å². The molecule has 1 aliphatic rings. The molecule has 1 rings (SSSR count). The Morgan fingerprint density at radius 2 is 2.33 bits per heavy atom. The van der Waals surface area contributed by atoms with Gasteiger partial charge in [0.05, 0.1) is 6.61 Å². The monoisotopic (exact) mass is 215 g/mol. The highest BCUT2D eigenvalue weighted by atomic mass is 16.5. The number of likely N-dealkylation sites (tertiary alicyclic amines) is 1. The van der Waals surface area contributed by atoms with E-state index in [1.54, 1.807) is 7.11 Å². The molecule has 5 heteroatoms. The maximum atomic E-state index is 11.4. The van der Waals surface area contributed by atoms with Gasteiger partial charge in [0.15, 0.2) is 0 Å². The quantitative estimate of drug-likeness (QED) is 0.625. The zero-order chi connectivity index (χ0) is 11.3. The zero-order valence-electron chi connectivity index (χ0n) is 9.61. The van der Waals surface area contributed by atoms with Gasteiger partial charge in [-0.1, -0.05) is 0 Å². The number of methoxy groups -OCH3 is 1. The van der Waals surface area contributed by atoms with Crippen molar-refractivity contribution in [2.45, 2.75) is 12.5 Å². The van der Waals surface area contributed by atoms with Crippen LogP contribution in [0, 0.1) is 0 Å². The average Bonchev–Trinajstić information content (AvgIpc) is 2.51. The first-order chi connectivity index (χ1) is 7.13. The number of carbonyl (C=O) groups excluding carboxylic acids is 1. The topological polar surface area (TPSA) is 58.8 Å². The molecule has 0 aliphatic carbocycles. The molecule has 0 aromatic heterocycles. The molecular formula is C10H21N3O2. The number of nitrogens with two attached hydrogens (primary N) is 1. The second-order valence-corrected chi connectivity index (χ2v) is 4.10. The van der Waals surface area contributed by atoms with Crippen LogP contribution in [0.15, 0.2) is 0 Å². The van der Waals surface area contributed by atoms with Crippen molar-refractivity contribution >= 4 is 5.91 Å². The Morgan fingerprint density at radius 1 is 1.60 bits per heavy atom. The van der Waals surface area contributed by atoms with E-state index in [2.05, 4.69) is 4.90 Å². The summed E-state index contributed by atoms with van der Waals surface area (Å²) in [6.07, 6.45) is 0.502. The fourth-order valence-electron chi connectivity index (χ4n) is 1.67. The minimum atomic E-state index is 0.0294. The summed E-state index contributed by atoms with van der Waals surface area (Å²) in [7, 11) is 3.72. The van der Waals surface area contributed by atoms with Crippen molar-refractivity contribution in [3.8, 4) is 0 Å². The SMILES string of the molecule is COCCN(C)CCN1C[C@H](N)CC1=O. The predicted octanol–water partition coefficient (Wildman–Crippen LogP) is -0.876. The highest BCUT2D eigenvalue weighted by Crippen LogP contribution is 2.08. The van der Waals surface area contributed by atoms with E-state index in [1.807, 2.05) is 11.9 Å². The molecule has 1 fully saturated rings. The largest absolute Gasteiger partial charge is 0.383 e. The van der Waals surface area contributed by atoms with E-state index in [9.17, 15) is 4.79 Å². The van der Waals surface area contributed by atoms with Crippen molar-refractivity contribution in [1.82, 2.24) is 9.80 Å². The molecule has 1 aliphatic heterocycles. The van der Waals surface area contributed by atoms with Crippen LogP contribution in [-0.2, 0) is 9.53 Å². The average molecular weight is 215 g/mol. The Labute approximate surface area is 91.2 Å². The summed E-state index contributed by atoms with van der Waals surface area (Å²) < 4.78 is 4.98. The summed E-state index contributed by atoms with van der Waals surface area (Å²) in [6.45, 7) is 3.97. The molecular weight excluding hydrogens is 194 g/mol. The van der Waals surface area contributed by atoms with E-state index in [1.165, 1.54) is 0 Å². The van der Waals surface area contributed by atoms with Crippen LogP contribution in [0.2, 0.25) is 0 Å². The van der Waals surface area contributed by atoms with Crippen molar-refractivity contribution in [1.29, 1.82) is 0 Å². The summed E-state index contributed by atoms with van der Waals surface area (Å²) in [5.74, 6) is 0.183. The van der Waals surface area contributed by atoms with Gasteiger partial charge in [-0.05, 0) is 7.05 Å². The lowest BCUT2D eigenvalue weighted by Crippen LogP contribution is -2.36. The van der Waals surface area contributed by atoms with Gasteiger partial charge in [-0.3, -0.25) is 4.79 Å². The number of hydrogen-bond acceptors (Lipinski definition) is 4. The van der Waals surface area contributed by atoms with Crippen LogP contribution < -0.4 is 5.73 Å². The third-order valence-corrected chi connectivity index (χ3v) is 2.67. The molecule has 0 bridgehead atoms. The van der Waals surface area contributed by atoms with E-state index in [0.717, 1.165) is 26.2 Å². The summed E-state index contributed by atoms with van der Waals surface area (Å²) >= 11 is 0. The molecule has 2 N–H and O–H groups in total. The number of rotatable bonds is 6. The van der Waals surface area contributed by atoms with Crippen LogP contribution in [0.3, 0.4) is 0 Å². The minimum absolute atomic E-state index is 0.0294. The van der Waals surface area contributed by atoms with Gasteiger partial charge < -0.3 is 20.3 Å². The van der Waals surface area contributed by atoms with Crippen molar-refractivity contribution in [2.24, 2.45) is 5.73 Å². The highest BCUT2D eigenvalue weighted by Gasteiger charge is 2.26. The first kappa shape index (κ1) is 12.4. The van der Waals surface area contributed by atoms with Crippen molar-refractivity contribution in [3.63, 3.8) is 0 Å². The van der Waals surface area contributed by atoms with E-state index in [-0.39, 0.29) is 11.9 Å². The maximum absolute atomic E-state index is 11.4. The Balaban J connectivity index is 2.16. The first-order valence-corrected chi connectivity index (χ1v) is 5.34. The van der Waals surface area contributed by atoms with Gasteiger partial charge in [-0.2, -0.15) is 0 Å². The number of amides is 1. The van der Waals surface area contributed by atoms with Crippen LogP contribution in [0.4, 0.5) is 0 Å². The summed E-state index contributed by atoms with van der Waals surface area (Å²) in [5, 5.41) is 0. The van der Waals surface area contributed by atoms with E-state index in [4.69, 9.17) is 10.5 Å². The molecule has 1 atom stereocenters. The lowest BCUT2D eigenvalue weighted by atomic mass is 10.3. The van der Waals surface area contributed by atoms with Gasteiger partial charge in [0.1, 0.15) is 0 Å². The number of hydrogen-bond donors (Lipinski definition) is 1. The Morgan fingerprint density at radius 3 is 2.87 bits per heavy atom. The second kappa shape index (κ2) is 6.05. The minimum Gasteiger partial charge on any atom is -0.383 e. The molecule has 0 spiro atoms. The lowest BCUT2D eigenvalue weighted by Gasteiger charge is -2.21. The zero-order valence-corrected chi connectivity index (χ0v) is 9.61. The highest BCUT2D eigenvalue weighted by molar-refractivity contribution is 5.79. The fourth-order valence-corrected chi connectivity index (χ4v) is 1.67. The van der Waals surface area contributed by atoms with Crippen LogP contribution in [0.5, 0.6) is 0 Å². The van der Waals surface area contributed by atoms with Gasteiger partial charge in [-0.15, -0.1) is 0 Å². The molecule has 0 aromatic carbocycles.